The van der Waals surface area contributed by atoms with E-state index >= 15 is 0 Å². The van der Waals surface area contributed by atoms with Crippen LogP contribution < -0.4 is 10.2 Å². The summed E-state index contributed by atoms with van der Waals surface area (Å²) >= 11 is 0. The number of anilines is 2. The van der Waals surface area contributed by atoms with Crippen molar-refractivity contribution in [1.29, 1.82) is 0 Å². The summed E-state index contributed by atoms with van der Waals surface area (Å²) < 4.78 is 0. The lowest BCUT2D eigenvalue weighted by Gasteiger charge is -2.17. The van der Waals surface area contributed by atoms with E-state index in [1.54, 1.807) is 0 Å². The standard InChI is InChI=1S/C11H16N4/c1-2-6-15(5-1)10-7-11(14-12-8-10)13-9-3-4-9/h7-9H,1-6H2,(H,13,14). The first-order valence-corrected chi connectivity index (χ1v) is 5.76. The van der Waals surface area contributed by atoms with Crippen LogP contribution in [0.5, 0.6) is 0 Å². The first kappa shape index (κ1) is 8.95. The highest BCUT2D eigenvalue weighted by atomic mass is 15.2. The van der Waals surface area contributed by atoms with Gasteiger partial charge < -0.3 is 10.2 Å². The van der Waals surface area contributed by atoms with Crippen LogP contribution in [-0.4, -0.2) is 29.3 Å². The van der Waals surface area contributed by atoms with E-state index in [0.717, 1.165) is 18.9 Å². The van der Waals surface area contributed by atoms with Gasteiger partial charge >= 0.3 is 0 Å². The molecule has 2 fully saturated rings. The van der Waals surface area contributed by atoms with Gasteiger partial charge in [-0.1, -0.05) is 0 Å². The zero-order valence-corrected chi connectivity index (χ0v) is 8.82. The van der Waals surface area contributed by atoms with Crippen molar-refractivity contribution in [2.45, 2.75) is 31.7 Å². The first-order chi connectivity index (χ1) is 7.42. The van der Waals surface area contributed by atoms with E-state index in [0.29, 0.717) is 6.04 Å². The van der Waals surface area contributed by atoms with Crippen LogP contribution in [0.2, 0.25) is 0 Å². The van der Waals surface area contributed by atoms with Crippen molar-refractivity contribution in [3.8, 4) is 0 Å². The van der Waals surface area contributed by atoms with Gasteiger partial charge in [0.25, 0.3) is 0 Å². The zero-order valence-electron chi connectivity index (χ0n) is 8.82. The SMILES string of the molecule is c1nnc(NC2CC2)cc1N1CCCC1. The van der Waals surface area contributed by atoms with Crippen LogP contribution in [0.4, 0.5) is 11.5 Å². The third-order valence-corrected chi connectivity index (χ3v) is 3.04. The Hall–Kier alpha value is -1.32. The summed E-state index contributed by atoms with van der Waals surface area (Å²) in [6.45, 7) is 2.32. The predicted octanol–water partition coefficient (Wildman–Crippen LogP) is 1.65. The molecule has 1 saturated carbocycles. The highest BCUT2D eigenvalue weighted by molar-refractivity contribution is 5.53. The summed E-state index contributed by atoms with van der Waals surface area (Å²) in [5.74, 6) is 0.932. The number of nitrogens with zero attached hydrogens (tertiary/aromatic N) is 3. The quantitative estimate of drug-likeness (QED) is 0.812. The van der Waals surface area contributed by atoms with Crippen molar-refractivity contribution in [1.82, 2.24) is 10.2 Å². The molecule has 15 heavy (non-hydrogen) atoms. The zero-order chi connectivity index (χ0) is 10.1. The third-order valence-electron chi connectivity index (χ3n) is 3.04. The minimum absolute atomic E-state index is 0.646. The van der Waals surface area contributed by atoms with E-state index in [1.807, 2.05) is 6.20 Å². The molecule has 1 aromatic heterocycles. The molecule has 3 rings (SSSR count). The minimum Gasteiger partial charge on any atom is -0.370 e. The van der Waals surface area contributed by atoms with Gasteiger partial charge in [-0.05, 0) is 25.7 Å². The van der Waals surface area contributed by atoms with E-state index in [1.165, 1.54) is 31.4 Å². The lowest BCUT2D eigenvalue weighted by Crippen LogP contribution is -2.18. The lowest BCUT2D eigenvalue weighted by atomic mass is 10.4. The fraction of sp³-hybridized carbons (Fsp3) is 0.636. The summed E-state index contributed by atoms with van der Waals surface area (Å²) in [7, 11) is 0. The monoisotopic (exact) mass is 204 g/mol. The molecule has 1 N–H and O–H groups in total. The second-order valence-corrected chi connectivity index (χ2v) is 4.41. The molecule has 1 saturated heterocycles. The maximum absolute atomic E-state index is 4.10. The molecule has 0 amide bonds. The molecule has 80 valence electrons. The number of aromatic nitrogens is 2. The van der Waals surface area contributed by atoms with E-state index < -0.39 is 0 Å². The Labute approximate surface area is 89.7 Å². The van der Waals surface area contributed by atoms with Gasteiger partial charge in [0, 0.05) is 25.2 Å². The number of hydrogen-bond donors (Lipinski definition) is 1. The largest absolute Gasteiger partial charge is 0.370 e. The van der Waals surface area contributed by atoms with Crippen molar-refractivity contribution in [2.75, 3.05) is 23.3 Å². The Bertz CT molecular complexity index is 342. The Morgan fingerprint density at radius 3 is 2.80 bits per heavy atom. The van der Waals surface area contributed by atoms with Crippen LogP contribution in [0, 0.1) is 0 Å². The van der Waals surface area contributed by atoms with Gasteiger partial charge in [-0.15, -0.1) is 5.10 Å². The van der Waals surface area contributed by atoms with Crippen molar-refractivity contribution < 1.29 is 0 Å². The molecule has 0 bridgehead atoms. The first-order valence-electron chi connectivity index (χ1n) is 5.76. The fourth-order valence-electron chi connectivity index (χ4n) is 2.01. The van der Waals surface area contributed by atoms with Gasteiger partial charge in [0.05, 0.1) is 11.9 Å². The predicted molar refractivity (Wildman–Crippen MR) is 60.1 cm³/mol. The van der Waals surface area contributed by atoms with E-state index in [9.17, 15) is 0 Å². The molecule has 0 aromatic carbocycles. The highest BCUT2D eigenvalue weighted by Crippen LogP contribution is 2.26. The molecular weight excluding hydrogens is 188 g/mol. The summed E-state index contributed by atoms with van der Waals surface area (Å²) in [5.41, 5.74) is 1.21. The molecule has 4 nitrogen and oxygen atoms in total. The van der Waals surface area contributed by atoms with E-state index in [-0.39, 0.29) is 0 Å². The van der Waals surface area contributed by atoms with Gasteiger partial charge in [-0.25, -0.2) is 0 Å². The summed E-state index contributed by atoms with van der Waals surface area (Å²) in [6, 6.07) is 2.77. The Balaban J connectivity index is 1.75. The molecule has 0 atom stereocenters. The normalized spacial score (nSPS) is 20.7. The smallest absolute Gasteiger partial charge is 0.150 e. The summed E-state index contributed by atoms with van der Waals surface area (Å²) in [4.78, 5) is 2.38. The maximum atomic E-state index is 4.10. The summed E-state index contributed by atoms with van der Waals surface area (Å²) in [6.07, 6.45) is 7.01. The molecule has 4 heteroatoms. The molecule has 1 aliphatic carbocycles. The van der Waals surface area contributed by atoms with Crippen LogP contribution >= 0.6 is 0 Å². The minimum atomic E-state index is 0.646. The molecule has 2 heterocycles. The van der Waals surface area contributed by atoms with Crippen molar-refractivity contribution >= 4 is 11.5 Å². The van der Waals surface area contributed by atoms with Gasteiger partial charge in [0.15, 0.2) is 5.82 Å². The van der Waals surface area contributed by atoms with Crippen molar-refractivity contribution in [2.24, 2.45) is 0 Å². The maximum Gasteiger partial charge on any atom is 0.150 e. The number of nitrogens with one attached hydrogen (secondary N) is 1. The van der Waals surface area contributed by atoms with Gasteiger partial charge in [-0.3, -0.25) is 0 Å². The molecule has 0 unspecified atom stereocenters. The van der Waals surface area contributed by atoms with E-state index in [4.69, 9.17) is 0 Å². The van der Waals surface area contributed by atoms with E-state index in [2.05, 4.69) is 26.5 Å². The average molecular weight is 204 g/mol. The Kier molecular flexibility index (Phi) is 2.19. The average Bonchev–Trinajstić information content (AvgIpc) is 2.91. The van der Waals surface area contributed by atoms with Crippen LogP contribution in [0.25, 0.3) is 0 Å². The Morgan fingerprint density at radius 1 is 1.27 bits per heavy atom. The van der Waals surface area contributed by atoms with Crippen molar-refractivity contribution in [3.05, 3.63) is 12.3 Å². The molecule has 1 aromatic rings. The summed E-state index contributed by atoms with van der Waals surface area (Å²) in [5, 5.41) is 11.5. The van der Waals surface area contributed by atoms with Crippen LogP contribution in [0.15, 0.2) is 12.3 Å². The molecular formula is C11H16N4. The third kappa shape index (κ3) is 2.03. The van der Waals surface area contributed by atoms with Crippen LogP contribution in [0.3, 0.4) is 0 Å². The van der Waals surface area contributed by atoms with Crippen molar-refractivity contribution in [3.63, 3.8) is 0 Å². The second kappa shape index (κ2) is 3.68. The second-order valence-electron chi connectivity index (χ2n) is 4.41. The number of hydrogen-bond acceptors (Lipinski definition) is 4. The molecule has 0 spiro atoms. The Morgan fingerprint density at radius 2 is 2.07 bits per heavy atom. The molecule has 0 radical (unpaired) electrons. The highest BCUT2D eigenvalue weighted by Gasteiger charge is 2.22. The topological polar surface area (TPSA) is 41.1 Å². The van der Waals surface area contributed by atoms with Crippen LogP contribution in [0.1, 0.15) is 25.7 Å². The molecule has 1 aliphatic heterocycles. The van der Waals surface area contributed by atoms with Gasteiger partial charge in [0.1, 0.15) is 0 Å². The molecule has 2 aliphatic rings. The lowest BCUT2D eigenvalue weighted by molar-refractivity contribution is 0.931. The van der Waals surface area contributed by atoms with Gasteiger partial charge in [-0.2, -0.15) is 5.10 Å². The fourth-order valence-corrected chi connectivity index (χ4v) is 2.01. The van der Waals surface area contributed by atoms with Crippen LogP contribution in [-0.2, 0) is 0 Å². The van der Waals surface area contributed by atoms with Gasteiger partial charge in [0.2, 0.25) is 0 Å². The number of rotatable bonds is 3.